The SMILES string of the molecule is NCC#Cc1ccc(C(=O)NCCn2ccnc2)c(F)c1. The number of carbonyl (C=O) groups is 1. The van der Waals surface area contributed by atoms with E-state index in [1.807, 2.05) is 4.57 Å². The molecule has 0 saturated carbocycles. The smallest absolute Gasteiger partial charge is 0.254 e. The van der Waals surface area contributed by atoms with E-state index in [9.17, 15) is 9.18 Å². The summed E-state index contributed by atoms with van der Waals surface area (Å²) in [4.78, 5) is 15.8. The van der Waals surface area contributed by atoms with Crippen molar-refractivity contribution in [2.75, 3.05) is 13.1 Å². The van der Waals surface area contributed by atoms with Gasteiger partial charge in [-0.15, -0.1) is 0 Å². The van der Waals surface area contributed by atoms with E-state index in [4.69, 9.17) is 5.73 Å². The number of rotatable bonds is 4. The van der Waals surface area contributed by atoms with E-state index < -0.39 is 11.7 Å². The van der Waals surface area contributed by atoms with Gasteiger partial charge in [-0.2, -0.15) is 0 Å². The van der Waals surface area contributed by atoms with Crippen molar-refractivity contribution in [2.45, 2.75) is 6.54 Å². The van der Waals surface area contributed by atoms with E-state index in [0.717, 1.165) is 0 Å². The first-order valence-electron chi connectivity index (χ1n) is 6.43. The molecule has 0 spiro atoms. The molecule has 1 aromatic heterocycles. The van der Waals surface area contributed by atoms with Gasteiger partial charge in [0.1, 0.15) is 5.82 Å². The molecule has 108 valence electrons. The number of nitrogens with zero attached hydrogens (tertiary/aromatic N) is 2. The number of nitrogens with two attached hydrogens (primary N) is 1. The van der Waals surface area contributed by atoms with Gasteiger partial charge in [-0.1, -0.05) is 11.8 Å². The van der Waals surface area contributed by atoms with Gasteiger partial charge in [0.15, 0.2) is 0 Å². The number of carbonyl (C=O) groups excluding carboxylic acids is 1. The number of imidazole rings is 1. The molecule has 0 aliphatic carbocycles. The lowest BCUT2D eigenvalue weighted by atomic mass is 10.1. The molecule has 2 aromatic rings. The van der Waals surface area contributed by atoms with Gasteiger partial charge in [0, 0.05) is 31.0 Å². The zero-order chi connectivity index (χ0) is 15.1. The van der Waals surface area contributed by atoms with Crippen LogP contribution in [0.4, 0.5) is 4.39 Å². The number of halogens is 1. The lowest BCUT2D eigenvalue weighted by molar-refractivity contribution is 0.0948. The Hall–Kier alpha value is -2.65. The number of amides is 1. The summed E-state index contributed by atoms with van der Waals surface area (Å²) >= 11 is 0. The van der Waals surface area contributed by atoms with Crippen molar-refractivity contribution >= 4 is 5.91 Å². The summed E-state index contributed by atoms with van der Waals surface area (Å²) in [5.74, 6) is 4.30. The minimum absolute atomic E-state index is 0.000991. The normalized spacial score (nSPS) is 9.81. The summed E-state index contributed by atoms with van der Waals surface area (Å²) in [7, 11) is 0. The first-order valence-corrected chi connectivity index (χ1v) is 6.43. The van der Waals surface area contributed by atoms with Gasteiger partial charge in [0.2, 0.25) is 0 Å². The molecule has 1 amide bonds. The summed E-state index contributed by atoms with van der Waals surface area (Å²) < 4.78 is 15.7. The molecule has 0 saturated heterocycles. The van der Waals surface area contributed by atoms with Crippen molar-refractivity contribution < 1.29 is 9.18 Å². The molecule has 2 rings (SSSR count). The zero-order valence-electron chi connectivity index (χ0n) is 11.3. The maximum absolute atomic E-state index is 13.9. The Labute approximate surface area is 122 Å². The quantitative estimate of drug-likeness (QED) is 0.815. The van der Waals surface area contributed by atoms with Crippen molar-refractivity contribution in [2.24, 2.45) is 5.73 Å². The maximum Gasteiger partial charge on any atom is 0.254 e. The molecule has 0 bridgehead atoms. The predicted molar refractivity (Wildman–Crippen MR) is 76.9 cm³/mol. The van der Waals surface area contributed by atoms with Crippen molar-refractivity contribution in [3.05, 3.63) is 53.9 Å². The van der Waals surface area contributed by atoms with Crippen molar-refractivity contribution in [1.82, 2.24) is 14.9 Å². The van der Waals surface area contributed by atoms with Crippen LogP contribution < -0.4 is 11.1 Å². The fraction of sp³-hybridized carbons (Fsp3) is 0.200. The van der Waals surface area contributed by atoms with Crippen LogP contribution in [0.1, 0.15) is 15.9 Å². The summed E-state index contributed by atoms with van der Waals surface area (Å²) in [6.45, 7) is 1.18. The number of hydrogen-bond donors (Lipinski definition) is 2. The maximum atomic E-state index is 13.9. The first-order chi connectivity index (χ1) is 10.2. The molecule has 0 aliphatic heterocycles. The zero-order valence-corrected chi connectivity index (χ0v) is 11.3. The molecular weight excluding hydrogens is 271 g/mol. The van der Waals surface area contributed by atoms with Gasteiger partial charge in [-0.05, 0) is 18.2 Å². The van der Waals surface area contributed by atoms with Crippen LogP contribution in [0.2, 0.25) is 0 Å². The second-order valence-electron chi connectivity index (χ2n) is 4.26. The Kier molecular flexibility index (Phi) is 5.07. The van der Waals surface area contributed by atoms with Crippen LogP contribution in [0.3, 0.4) is 0 Å². The molecule has 1 heterocycles. The number of benzene rings is 1. The van der Waals surface area contributed by atoms with Gasteiger partial charge in [0.05, 0.1) is 18.4 Å². The highest BCUT2D eigenvalue weighted by Gasteiger charge is 2.11. The topological polar surface area (TPSA) is 72.9 Å². The fourth-order valence-corrected chi connectivity index (χ4v) is 1.74. The summed E-state index contributed by atoms with van der Waals surface area (Å²) in [6.07, 6.45) is 5.10. The Morgan fingerprint density at radius 2 is 2.33 bits per heavy atom. The van der Waals surface area contributed by atoms with E-state index in [2.05, 4.69) is 22.1 Å². The van der Waals surface area contributed by atoms with Gasteiger partial charge in [0.25, 0.3) is 5.91 Å². The Balaban J connectivity index is 1.95. The van der Waals surface area contributed by atoms with Crippen molar-refractivity contribution in [3.63, 3.8) is 0 Å². The fourth-order valence-electron chi connectivity index (χ4n) is 1.74. The average molecular weight is 286 g/mol. The molecule has 1 aromatic carbocycles. The monoisotopic (exact) mass is 286 g/mol. The number of hydrogen-bond acceptors (Lipinski definition) is 3. The standard InChI is InChI=1S/C15H15FN4O/c16-14-10-12(2-1-5-17)3-4-13(14)15(21)19-7-9-20-8-6-18-11-20/h3-4,6,8,10-11H,5,7,9,17H2,(H,19,21). The molecule has 6 heteroatoms. The highest BCUT2D eigenvalue weighted by Crippen LogP contribution is 2.09. The minimum atomic E-state index is -0.598. The molecule has 21 heavy (non-hydrogen) atoms. The summed E-state index contributed by atoms with van der Waals surface area (Å²) in [6, 6.07) is 4.24. The summed E-state index contributed by atoms with van der Waals surface area (Å²) in [5.41, 5.74) is 5.74. The minimum Gasteiger partial charge on any atom is -0.350 e. The van der Waals surface area contributed by atoms with Crippen molar-refractivity contribution in [3.8, 4) is 11.8 Å². The third kappa shape index (κ3) is 4.16. The van der Waals surface area contributed by atoms with E-state index >= 15 is 0 Å². The van der Waals surface area contributed by atoms with Crippen LogP contribution in [0.5, 0.6) is 0 Å². The van der Waals surface area contributed by atoms with Crippen LogP contribution in [-0.4, -0.2) is 28.5 Å². The van der Waals surface area contributed by atoms with Crippen LogP contribution in [-0.2, 0) is 6.54 Å². The lowest BCUT2D eigenvalue weighted by Crippen LogP contribution is -2.27. The Bertz CT molecular complexity index is 671. The van der Waals surface area contributed by atoms with Gasteiger partial charge in [-0.25, -0.2) is 9.37 Å². The Morgan fingerprint density at radius 3 is 3.00 bits per heavy atom. The largest absolute Gasteiger partial charge is 0.350 e. The molecule has 0 atom stereocenters. The molecular formula is C15H15FN4O. The van der Waals surface area contributed by atoms with E-state index in [1.165, 1.54) is 12.1 Å². The summed E-state index contributed by atoms with van der Waals surface area (Å²) in [5, 5.41) is 2.66. The molecule has 5 nitrogen and oxygen atoms in total. The molecule has 0 fully saturated rings. The molecule has 3 N–H and O–H groups in total. The first kappa shape index (κ1) is 14.8. The van der Waals surface area contributed by atoms with Gasteiger partial charge in [-0.3, -0.25) is 4.79 Å². The Morgan fingerprint density at radius 1 is 1.48 bits per heavy atom. The molecule has 0 radical (unpaired) electrons. The van der Waals surface area contributed by atoms with Gasteiger partial charge >= 0.3 is 0 Å². The van der Waals surface area contributed by atoms with Crippen molar-refractivity contribution in [1.29, 1.82) is 0 Å². The highest BCUT2D eigenvalue weighted by molar-refractivity contribution is 5.94. The van der Waals surface area contributed by atoms with Crippen LogP contribution in [0.25, 0.3) is 0 Å². The lowest BCUT2D eigenvalue weighted by Gasteiger charge is -2.07. The van der Waals surface area contributed by atoms with Crippen LogP contribution >= 0.6 is 0 Å². The number of nitrogens with one attached hydrogen (secondary N) is 1. The highest BCUT2D eigenvalue weighted by atomic mass is 19.1. The van der Waals surface area contributed by atoms with E-state index in [0.29, 0.717) is 18.7 Å². The van der Waals surface area contributed by atoms with E-state index in [-0.39, 0.29) is 12.1 Å². The van der Waals surface area contributed by atoms with Gasteiger partial charge < -0.3 is 15.6 Å². The van der Waals surface area contributed by atoms with Crippen LogP contribution in [0, 0.1) is 17.7 Å². The average Bonchev–Trinajstić information content (AvgIpc) is 2.98. The second-order valence-corrected chi connectivity index (χ2v) is 4.26. The number of aromatic nitrogens is 2. The van der Waals surface area contributed by atoms with Crippen LogP contribution in [0.15, 0.2) is 36.9 Å². The third-order valence-electron chi connectivity index (χ3n) is 2.76. The predicted octanol–water partition coefficient (Wildman–Crippen LogP) is 0.762. The molecule has 0 aliphatic rings. The molecule has 0 unspecified atom stereocenters. The second kappa shape index (κ2) is 7.22. The van der Waals surface area contributed by atoms with E-state index in [1.54, 1.807) is 24.8 Å². The third-order valence-corrected chi connectivity index (χ3v) is 2.76.